The molecule has 4 nitrogen and oxygen atoms in total. The highest BCUT2D eigenvalue weighted by atomic mass is 32.2. The quantitative estimate of drug-likeness (QED) is 0.584. The average Bonchev–Trinajstić information content (AvgIpc) is 3.15. The molecule has 5 heteroatoms. The maximum atomic E-state index is 11.3. The summed E-state index contributed by atoms with van der Waals surface area (Å²) >= 11 is -2.10. The van der Waals surface area contributed by atoms with Gasteiger partial charge >= 0.3 is 0 Å². The Hall–Kier alpha value is -2.37. The van der Waals surface area contributed by atoms with E-state index in [1.54, 1.807) is 0 Å². The first-order valence-electron chi connectivity index (χ1n) is 9.81. The molecule has 1 aliphatic rings. The van der Waals surface area contributed by atoms with Crippen molar-refractivity contribution < 1.29 is 8.76 Å². The predicted molar refractivity (Wildman–Crippen MR) is 115 cm³/mol. The van der Waals surface area contributed by atoms with Crippen LogP contribution in [0.3, 0.4) is 0 Å². The molecule has 1 unspecified atom stereocenters. The van der Waals surface area contributed by atoms with Crippen molar-refractivity contribution >= 4 is 16.8 Å². The summed E-state index contributed by atoms with van der Waals surface area (Å²) in [7, 11) is 0. The van der Waals surface area contributed by atoms with Gasteiger partial charge in [0.2, 0.25) is 0 Å². The van der Waals surface area contributed by atoms with Crippen molar-refractivity contribution in [2.75, 3.05) is 18.0 Å². The van der Waals surface area contributed by atoms with Crippen molar-refractivity contribution in [3.8, 4) is 16.9 Å². The van der Waals surface area contributed by atoms with Gasteiger partial charge in [-0.3, -0.25) is 4.21 Å². The highest BCUT2D eigenvalue weighted by Gasteiger charge is 2.20. The van der Waals surface area contributed by atoms with E-state index in [9.17, 15) is 8.76 Å². The zero-order chi connectivity index (χ0) is 19.5. The van der Waals surface area contributed by atoms with Crippen LogP contribution in [0.25, 0.3) is 16.9 Å². The Labute approximate surface area is 169 Å². The Morgan fingerprint density at radius 1 is 0.929 bits per heavy atom. The number of hydrogen-bond donors (Lipinski definition) is 0. The monoisotopic (exact) mass is 393 g/mol. The molecule has 1 aliphatic heterocycles. The van der Waals surface area contributed by atoms with Crippen LogP contribution in [0.1, 0.15) is 30.4 Å². The maximum absolute atomic E-state index is 11.3. The van der Waals surface area contributed by atoms with Crippen LogP contribution in [0.15, 0.2) is 60.8 Å². The lowest BCUT2D eigenvalue weighted by Gasteiger charge is -2.29. The van der Waals surface area contributed by atoms with Gasteiger partial charge in [0.05, 0.1) is 11.4 Å². The Morgan fingerprint density at radius 3 is 2.39 bits per heavy atom. The average molecular weight is 394 g/mol. The van der Waals surface area contributed by atoms with Crippen LogP contribution in [-0.2, 0) is 16.8 Å². The highest BCUT2D eigenvalue weighted by Crippen LogP contribution is 2.36. The van der Waals surface area contributed by atoms with Crippen molar-refractivity contribution in [2.45, 2.75) is 31.9 Å². The van der Waals surface area contributed by atoms with E-state index >= 15 is 0 Å². The number of anilines is 1. The molecular formula is C23H25N2O2S-. The maximum Gasteiger partial charge on any atom is 0.0763 e. The lowest BCUT2D eigenvalue weighted by atomic mass is 10.1. The number of aromatic nitrogens is 1. The van der Waals surface area contributed by atoms with Gasteiger partial charge in [-0.25, -0.2) is 0 Å². The molecule has 0 N–H and O–H groups in total. The summed E-state index contributed by atoms with van der Waals surface area (Å²) in [6.45, 7) is 4.17. The van der Waals surface area contributed by atoms with Crippen LogP contribution in [0, 0.1) is 6.92 Å². The fraction of sp³-hybridized carbons (Fsp3) is 0.304. The van der Waals surface area contributed by atoms with Gasteiger partial charge in [0, 0.05) is 36.3 Å². The summed E-state index contributed by atoms with van der Waals surface area (Å²) in [5, 5.41) is 0. The number of benzene rings is 2. The van der Waals surface area contributed by atoms with Gasteiger partial charge in [-0.1, -0.05) is 53.5 Å². The van der Waals surface area contributed by atoms with E-state index in [0.29, 0.717) is 0 Å². The van der Waals surface area contributed by atoms with Crippen LogP contribution >= 0.6 is 0 Å². The molecule has 1 aromatic heterocycles. The molecule has 0 aliphatic carbocycles. The standard InChI is InChI=1S/C23H26N2O2S/c1-18-20(17-28(26)27)11-8-12-21(18)25-16-13-22(24-14-6-3-7-15-24)23(25)19-9-4-2-5-10-19/h2,4-5,8-13,16H,3,6-7,14-15,17H2,1H3,(H,26,27)/p-1. The second-order valence-corrected chi connectivity index (χ2v) is 8.24. The van der Waals surface area contributed by atoms with Gasteiger partial charge in [0.1, 0.15) is 0 Å². The summed E-state index contributed by atoms with van der Waals surface area (Å²) in [4.78, 5) is 2.48. The fourth-order valence-electron chi connectivity index (χ4n) is 4.11. The molecule has 0 amide bonds. The highest BCUT2D eigenvalue weighted by molar-refractivity contribution is 7.78. The summed E-state index contributed by atoms with van der Waals surface area (Å²) < 4.78 is 24.7. The molecule has 3 aromatic rings. The Kier molecular flexibility index (Phi) is 5.64. The number of piperidine rings is 1. The number of rotatable bonds is 5. The third-order valence-corrected chi connectivity index (χ3v) is 6.11. The molecule has 0 radical (unpaired) electrons. The van der Waals surface area contributed by atoms with Crippen LogP contribution in [-0.4, -0.2) is 26.4 Å². The van der Waals surface area contributed by atoms with Gasteiger partial charge in [-0.2, -0.15) is 0 Å². The molecule has 0 spiro atoms. The van der Waals surface area contributed by atoms with E-state index in [2.05, 4.69) is 52.1 Å². The first-order valence-corrected chi connectivity index (χ1v) is 11.1. The molecule has 4 rings (SSSR count). The van der Waals surface area contributed by atoms with Crippen LogP contribution in [0.4, 0.5) is 5.69 Å². The Balaban J connectivity index is 1.86. The molecule has 0 bridgehead atoms. The molecule has 28 heavy (non-hydrogen) atoms. The third kappa shape index (κ3) is 3.77. The first-order chi connectivity index (χ1) is 13.6. The third-order valence-electron chi connectivity index (χ3n) is 5.56. The topological polar surface area (TPSA) is 48.3 Å². The van der Waals surface area contributed by atoms with Crippen molar-refractivity contribution in [2.24, 2.45) is 0 Å². The summed E-state index contributed by atoms with van der Waals surface area (Å²) in [6.07, 6.45) is 5.87. The van der Waals surface area contributed by atoms with Crippen molar-refractivity contribution in [1.29, 1.82) is 0 Å². The number of nitrogens with zero attached hydrogens (tertiary/aromatic N) is 2. The summed E-state index contributed by atoms with van der Waals surface area (Å²) in [5.41, 5.74) is 6.48. The van der Waals surface area contributed by atoms with E-state index in [1.807, 2.05) is 25.1 Å². The minimum Gasteiger partial charge on any atom is -0.772 e. The molecule has 1 saturated heterocycles. The number of hydrogen-bond acceptors (Lipinski definition) is 3. The van der Waals surface area contributed by atoms with Gasteiger partial charge in [0.15, 0.2) is 0 Å². The zero-order valence-electron chi connectivity index (χ0n) is 16.1. The molecule has 1 atom stereocenters. The predicted octanol–water partition coefficient (Wildman–Crippen LogP) is 4.82. The molecule has 2 aromatic carbocycles. The largest absolute Gasteiger partial charge is 0.772 e. The summed E-state index contributed by atoms with van der Waals surface area (Å²) in [5.74, 6) is 0.0423. The Bertz CT molecular complexity index is 976. The lowest BCUT2D eigenvalue weighted by Crippen LogP contribution is -2.29. The van der Waals surface area contributed by atoms with Gasteiger partial charge in [-0.15, -0.1) is 0 Å². The SMILES string of the molecule is Cc1c(CS(=O)[O-])cccc1-n1ccc(N2CCCCC2)c1-c1ccccc1. The van der Waals surface area contributed by atoms with E-state index < -0.39 is 11.1 Å². The lowest BCUT2D eigenvalue weighted by molar-refractivity contribution is 0.536. The van der Waals surface area contributed by atoms with Crippen LogP contribution in [0.2, 0.25) is 0 Å². The van der Waals surface area contributed by atoms with Crippen molar-refractivity contribution in [3.63, 3.8) is 0 Å². The summed E-state index contributed by atoms with van der Waals surface area (Å²) in [6, 6.07) is 18.6. The minimum atomic E-state index is -2.10. The fourth-order valence-corrected chi connectivity index (χ4v) is 4.68. The van der Waals surface area contributed by atoms with E-state index in [1.165, 1.54) is 36.2 Å². The van der Waals surface area contributed by atoms with Gasteiger partial charge in [0.25, 0.3) is 0 Å². The molecular weight excluding hydrogens is 368 g/mol. The normalized spacial score (nSPS) is 15.6. The van der Waals surface area contributed by atoms with Crippen LogP contribution < -0.4 is 4.90 Å². The smallest absolute Gasteiger partial charge is 0.0763 e. The van der Waals surface area contributed by atoms with Crippen LogP contribution in [0.5, 0.6) is 0 Å². The molecule has 146 valence electrons. The second-order valence-electron chi connectivity index (χ2n) is 7.34. The van der Waals surface area contributed by atoms with Crippen molar-refractivity contribution in [3.05, 3.63) is 71.9 Å². The van der Waals surface area contributed by atoms with Gasteiger partial charge < -0.3 is 14.0 Å². The molecule has 1 fully saturated rings. The van der Waals surface area contributed by atoms with E-state index in [0.717, 1.165) is 29.9 Å². The second kappa shape index (κ2) is 8.33. The molecule has 2 heterocycles. The van der Waals surface area contributed by atoms with Gasteiger partial charge in [-0.05, 0) is 49.4 Å². The first kappa shape index (κ1) is 19.0. The van der Waals surface area contributed by atoms with E-state index in [-0.39, 0.29) is 5.75 Å². The Morgan fingerprint density at radius 2 is 1.68 bits per heavy atom. The van der Waals surface area contributed by atoms with E-state index in [4.69, 9.17) is 0 Å². The zero-order valence-corrected chi connectivity index (χ0v) is 17.0. The van der Waals surface area contributed by atoms with Crippen molar-refractivity contribution in [1.82, 2.24) is 4.57 Å². The minimum absolute atomic E-state index is 0.0423. The molecule has 0 saturated carbocycles.